The summed E-state index contributed by atoms with van der Waals surface area (Å²) in [6, 6.07) is 4.33. The molecule has 96 valence electrons. The summed E-state index contributed by atoms with van der Waals surface area (Å²) in [6.45, 7) is 4.51. The summed E-state index contributed by atoms with van der Waals surface area (Å²) in [5.74, 6) is 6.42. The van der Waals surface area contributed by atoms with Crippen LogP contribution in [0.5, 0.6) is 0 Å². The van der Waals surface area contributed by atoms with Gasteiger partial charge in [0.05, 0.1) is 0 Å². The monoisotopic (exact) mass is 235 g/mol. The number of nitrogens with one attached hydrogen (secondary N) is 1. The van der Waals surface area contributed by atoms with Crippen molar-refractivity contribution in [1.29, 1.82) is 0 Å². The standard InChI is InChI=1S/C14H25N3/c1-3-5-6-12(4-2)11-14(17-15)13-7-9-16-10-8-13/h7-10,12,14,17H,3-6,11,15H2,1-2H3. The highest BCUT2D eigenvalue weighted by Gasteiger charge is 2.15. The van der Waals surface area contributed by atoms with Crippen molar-refractivity contribution in [2.75, 3.05) is 0 Å². The van der Waals surface area contributed by atoms with Crippen LogP contribution in [0.15, 0.2) is 24.5 Å². The van der Waals surface area contributed by atoms with Crippen molar-refractivity contribution in [3.05, 3.63) is 30.1 Å². The molecule has 17 heavy (non-hydrogen) atoms. The summed E-state index contributed by atoms with van der Waals surface area (Å²) < 4.78 is 0. The van der Waals surface area contributed by atoms with Crippen LogP contribution in [0, 0.1) is 5.92 Å². The third kappa shape index (κ3) is 4.84. The topological polar surface area (TPSA) is 50.9 Å². The molecule has 0 saturated heterocycles. The van der Waals surface area contributed by atoms with Gasteiger partial charge in [0.2, 0.25) is 0 Å². The molecule has 2 unspecified atom stereocenters. The molecule has 3 nitrogen and oxygen atoms in total. The van der Waals surface area contributed by atoms with Crippen molar-refractivity contribution in [1.82, 2.24) is 10.4 Å². The number of nitrogens with zero attached hydrogens (tertiary/aromatic N) is 1. The highest BCUT2D eigenvalue weighted by atomic mass is 15.2. The number of hydrogen-bond acceptors (Lipinski definition) is 3. The van der Waals surface area contributed by atoms with Gasteiger partial charge in [0.15, 0.2) is 0 Å². The van der Waals surface area contributed by atoms with E-state index in [0.717, 1.165) is 12.3 Å². The number of hydrogen-bond donors (Lipinski definition) is 2. The Morgan fingerprint density at radius 1 is 1.29 bits per heavy atom. The van der Waals surface area contributed by atoms with Crippen molar-refractivity contribution in [2.24, 2.45) is 11.8 Å². The molecule has 0 aromatic carbocycles. The number of nitrogens with two attached hydrogens (primary N) is 1. The maximum absolute atomic E-state index is 5.67. The molecule has 1 rings (SSSR count). The number of aromatic nitrogens is 1. The Morgan fingerprint density at radius 2 is 2.00 bits per heavy atom. The van der Waals surface area contributed by atoms with Gasteiger partial charge in [-0.05, 0) is 30.0 Å². The molecule has 0 aliphatic rings. The highest BCUT2D eigenvalue weighted by Crippen LogP contribution is 2.25. The minimum Gasteiger partial charge on any atom is -0.271 e. The van der Waals surface area contributed by atoms with E-state index >= 15 is 0 Å². The second-order valence-electron chi connectivity index (χ2n) is 4.65. The van der Waals surface area contributed by atoms with E-state index in [9.17, 15) is 0 Å². The summed E-state index contributed by atoms with van der Waals surface area (Å²) in [5.41, 5.74) is 4.17. The first kappa shape index (κ1) is 14.1. The van der Waals surface area contributed by atoms with Crippen molar-refractivity contribution < 1.29 is 0 Å². The number of pyridine rings is 1. The van der Waals surface area contributed by atoms with E-state index in [2.05, 4.69) is 24.3 Å². The molecule has 3 N–H and O–H groups in total. The lowest BCUT2D eigenvalue weighted by Crippen LogP contribution is -2.29. The predicted octanol–water partition coefficient (Wildman–Crippen LogP) is 3.19. The maximum atomic E-state index is 5.67. The fourth-order valence-electron chi connectivity index (χ4n) is 2.21. The smallest absolute Gasteiger partial charge is 0.0463 e. The molecule has 0 amide bonds. The molecule has 0 saturated carbocycles. The summed E-state index contributed by atoms with van der Waals surface area (Å²) in [6.07, 6.45) is 9.87. The van der Waals surface area contributed by atoms with Gasteiger partial charge >= 0.3 is 0 Å². The van der Waals surface area contributed by atoms with E-state index in [1.807, 2.05) is 24.5 Å². The third-order valence-electron chi connectivity index (χ3n) is 3.42. The van der Waals surface area contributed by atoms with Crippen LogP contribution in [-0.4, -0.2) is 4.98 Å². The molecule has 1 heterocycles. The molecule has 1 aromatic rings. The Balaban J connectivity index is 2.56. The first-order valence-electron chi connectivity index (χ1n) is 6.67. The molecule has 0 aliphatic heterocycles. The van der Waals surface area contributed by atoms with E-state index in [0.29, 0.717) is 0 Å². The van der Waals surface area contributed by atoms with E-state index < -0.39 is 0 Å². The zero-order valence-corrected chi connectivity index (χ0v) is 11.0. The molecule has 0 fully saturated rings. The van der Waals surface area contributed by atoms with Gasteiger partial charge in [0.25, 0.3) is 0 Å². The van der Waals surface area contributed by atoms with Crippen molar-refractivity contribution in [3.63, 3.8) is 0 Å². The largest absolute Gasteiger partial charge is 0.271 e. The minimum absolute atomic E-state index is 0.250. The van der Waals surface area contributed by atoms with Crippen LogP contribution in [0.3, 0.4) is 0 Å². The summed E-state index contributed by atoms with van der Waals surface area (Å²) in [5, 5.41) is 0. The molecule has 0 aliphatic carbocycles. The van der Waals surface area contributed by atoms with Crippen LogP contribution in [0.25, 0.3) is 0 Å². The van der Waals surface area contributed by atoms with E-state index in [1.165, 1.54) is 31.2 Å². The highest BCUT2D eigenvalue weighted by molar-refractivity contribution is 5.14. The second kappa shape index (κ2) is 8.20. The fraction of sp³-hybridized carbons (Fsp3) is 0.643. The Hall–Kier alpha value is -0.930. The predicted molar refractivity (Wildman–Crippen MR) is 72.2 cm³/mol. The molecular weight excluding hydrogens is 210 g/mol. The summed E-state index contributed by atoms with van der Waals surface area (Å²) in [4.78, 5) is 4.04. The average Bonchev–Trinajstić information content (AvgIpc) is 2.40. The Bertz CT molecular complexity index is 287. The van der Waals surface area contributed by atoms with Gasteiger partial charge in [-0.15, -0.1) is 0 Å². The van der Waals surface area contributed by atoms with E-state index in [-0.39, 0.29) is 6.04 Å². The van der Waals surface area contributed by atoms with Gasteiger partial charge in [-0.2, -0.15) is 0 Å². The lowest BCUT2D eigenvalue weighted by Gasteiger charge is -2.22. The number of unbranched alkanes of at least 4 members (excludes halogenated alkanes) is 1. The number of hydrazine groups is 1. The van der Waals surface area contributed by atoms with Gasteiger partial charge < -0.3 is 0 Å². The average molecular weight is 235 g/mol. The van der Waals surface area contributed by atoms with Crippen LogP contribution in [0.4, 0.5) is 0 Å². The quantitative estimate of drug-likeness (QED) is 0.537. The van der Waals surface area contributed by atoms with Crippen LogP contribution < -0.4 is 11.3 Å². The van der Waals surface area contributed by atoms with Crippen molar-refractivity contribution in [3.8, 4) is 0 Å². The van der Waals surface area contributed by atoms with Crippen LogP contribution >= 0.6 is 0 Å². The van der Waals surface area contributed by atoms with Gasteiger partial charge in [-0.1, -0.05) is 39.5 Å². The zero-order chi connectivity index (χ0) is 12.5. The SMILES string of the molecule is CCCCC(CC)CC(NN)c1ccncc1. The Kier molecular flexibility index (Phi) is 6.82. The lowest BCUT2D eigenvalue weighted by atomic mass is 9.90. The van der Waals surface area contributed by atoms with Crippen molar-refractivity contribution >= 4 is 0 Å². The summed E-state index contributed by atoms with van der Waals surface area (Å²) >= 11 is 0. The second-order valence-corrected chi connectivity index (χ2v) is 4.65. The van der Waals surface area contributed by atoms with Crippen LogP contribution in [0.2, 0.25) is 0 Å². The van der Waals surface area contributed by atoms with Crippen molar-refractivity contribution in [2.45, 2.75) is 52.0 Å². The van der Waals surface area contributed by atoms with E-state index in [1.54, 1.807) is 0 Å². The molecule has 0 radical (unpaired) electrons. The summed E-state index contributed by atoms with van der Waals surface area (Å²) in [7, 11) is 0. The Morgan fingerprint density at radius 3 is 2.53 bits per heavy atom. The molecule has 0 spiro atoms. The first-order valence-corrected chi connectivity index (χ1v) is 6.67. The number of rotatable bonds is 8. The molecule has 2 atom stereocenters. The van der Waals surface area contributed by atoms with Gasteiger partial charge in [-0.25, -0.2) is 0 Å². The zero-order valence-electron chi connectivity index (χ0n) is 11.0. The van der Waals surface area contributed by atoms with Crippen LogP contribution in [0.1, 0.15) is 57.6 Å². The molecule has 3 heteroatoms. The minimum atomic E-state index is 0.250. The van der Waals surface area contributed by atoms with E-state index in [4.69, 9.17) is 5.84 Å². The van der Waals surface area contributed by atoms with Gasteiger partial charge in [0.1, 0.15) is 0 Å². The molecule has 0 bridgehead atoms. The van der Waals surface area contributed by atoms with Gasteiger partial charge in [-0.3, -0.25) is 16.3 Å². The maximum Gasteiger partial charge on any atom is 0.0463 e. The Labute approximate surface area is 105 Å². The third-order valence-corrected chi connectivity index (χ3v) is 3.42. The van der Waals surface area contributed by atoms with Crippen LogP contribution in [-0.2, 0) is 0 Å². The molecular formula is C14H25N3. The lowest BCUT2D eigenvalue weighted by molar-refractivity contribution is 0.356. The normalized spacial score (nSPS) is 14.5. The fourth-order valence-corrected chi connectivity index (χ4v) is 2.21. The van der Waals surface area contributed by atoms with Gasteiger partial charge in [0, 0.05) is 18.4 Å². The molecule has 1 aromatic heterocycles. The first-order chi connectivity index (χ1) is 8.31.